The number of aliphatic hydroxyl groups is 1. The Hall–Kier alpha value is -1.06. The third-order valence-electron chi connectivity index (χ3n) is 7.45. The molecule has 6 atom stereocenters. The zero-order chi connectivity index (χ0) is 16.2. The number of furan rings is 1. The topological polar surface area (TPSA) is 42.6 Å². The van der Waals surface area contributed by atoms with Crippen LogP contribution in [0.1, 0.15) is 52.0 Å². The number of allylic oxidation sites excluding steroid dienone is 2. The standard InChI is InChI=1S/C20H28O3/c1-13-5-4-6-17-19(13,3)11-16-14(2)20(17,18(21)23-16)9-7-15-8-10-22-12-15/h5,8,10,12,14,16-18,21H,4,6-7,9,11H2,1-3H3/t14-,16-,17+,18+,19+,20-/m1/s1. The van der Waals surface area contributed by atoms with E-state index in [4.69, 9.17) is 9.15 Å². The lowest BCUT2D eigenvalue weighted by Crippen LogP contribution is -2.54. The van der Waals surface area contributed by atoms with Gasteiger partial charge < -0.3 is 14.3 Å². The van der Waals surface area contributed by atoms with Gasteiger partial charge in [0.05, 0.1) is 18.6 Å². The van der Waals surface area contributed by atoms with Gasteiger partial charge in [-0.15, -0.1) is 0 Å². The van der Waals surface area contributed by atoms with Gasteiger partial charge in [0.15, 0.2) is 6.29 Å². The molecule has 1 N–H and O–H groups in total. The second kappa shape index (κ2) is 5.22. The van der Waals surface area contributed by atoms with Crippen molar-refractivity contribution in [3.63, 3.8) is 0 Å². The third kappa shape index (κ3) is 2.02. The molecule has 0 spiro atoms. The van der Waals surface area contributed by atoms with E-state index in [0.717, 1.165) is 32.1 Å². The first-order valence-corrected chi connectivity index (χ1v) is 9.00. The van der Waals surface area contributed by atoms with Gasteiger partial charge in [-0.1, -0.05) is 25.5 Å². The third-order valence-corrected chi connectivity index (χ3v) is 7.45. The molecule has 3 heteroatoms. The number of aryl methyl sites for hydroxylation is 1. The highest BCUT2D eigenvalue weighted by Gasteiger charge is 2.66. The smallest absolute Gasteiger partial charge is 0.161 e. The van der Waals surface area contributed by atoms with Crippen molar-refractivity contribution in [1.82, 2.24) is 0 Å². The van der Waals surface area contributed by atoms with Crippen LogP contribution in [0.2, 0.25) is 0 Å². The van der Waals surface area contributed by atoms with Crippen LogP contribution in [0.4, 0.5) is 0 Å². The summed E-state index contributed by atoms with van der Waals surface area (Å²) in [6.45, 7) is 6.97. The molecule has 3 aliphatic rings. The summed E-state index contributed by atoms with van der Waals surface area (Å²) in [5, 5.41) is 10.9. The summed E-state index contributed by atoms with van der Waals surface area (Å²) >= 11 is 0. The van der Waals surface area contributed by atoms with E-state index < -0.39 is 6.29 Å². The van der Waals surface area contributed by atoms with Gasteiger partial charge in [-0.2, -0.15) is 0 Å². The van der Waals surface area contributed by atoms with Gasteiger partial charge >= 0.3 is 0 Å². The summed E-state index contributed by atoms with van der Waals surface area (Å²) in [4.78, 5) is 0. The first kappa shape index (κ1) is 15.5. The van der Waals surface area contributed by atoms with Crippen LogP contribution >= 0.6 is 0 Å². The Morgan fingerprint density at radius 3 is 2.96 bits per heavy atom. The maximum atomic E-state index is 10.9. The van der Waals surface area contributed by atoms with Crippen molar-refractivity contribution in [1.29, 1.82) is 0 Å². The van der Waals surface area contributed by atoms with Crippen molar-refractivity contribution in [3.8, 4) is 0 Å². The van der Waals surface area contributed by atoms with Gasteiger partial charge in [0, 0.05) is 5.41 Å². The van der Waals surface area contributed by atoms with Crippen LogP contribution < -0.4 is 0 Å². The molecule has 0 amide bonds. The molecule has 0 aromatic carbocycles. The van der Waals surface area contributed by atoms with Crippen LogP contribution in [0.25, 0.3) is 0 Å². The zero-order valence-electron chi connectivity index (χ0n) is 14.4. The Balaban J connectivity index is 1.72. The predicted octanol–water partition coefficient (Wildman–Crippen LogP) is 4.32. The van der Waals surface area contributed by atoms with E-state index in [1.54, 1.807) is 6.26 Å². The molecule has 2 fully saturated rings. The Bertz CT molecular complexity index is 604. The van der Waals surface area contributed by atoms with Crippen molar-refractivity contribution in [2.45, 2.75) is 65.3 Å². The van der Waals surface area contributed by atoms with Gasteiger partial charge in [0.1, 0.15) is 0 Å². The highest BCUT2D eigenvalue weighted by molar-refractivity contribution is 5.25. The van der Waals surface area contributed by atoms with E-state index in [0.29, 0.717) is 11.8 Å². The lowest BCUT2D eigenvalue weighted by Gasteiger charge is -2.56. The number of fused-ring (bicyclic) bond motifs is 4. The fraction of sp³-hybridized carbons (Fsp3) is 0.700. The molecule has 3 nitrogen and oxygen atoms in total. The van der Waals surface area contributed by atoms with Crippen LogP contribution in [0, 0.1) is 22.7 Å². The molecule has 1 saturated carbocycles. The Labute approximate surface area is 138 Å². The van der Waals surface area contributed by atoms with Crippen LogP contribution in [-0.2, 0) is 11.2 Å². The van der Waals surface area contributed by atoms with Crippen molar-refractivity contribution >= 4 is 0 Å². The van der Waals surface area contributed by atoms with E-state index in [9.17, 15) is 5.11 Å². The molecule has 1 saturated heterocycles. The Kier molecular flexibility index (Phi) is 3.51. The molecule has 126 valence electrons. The second-order valence-electron chi connectivity index (χ2n) is 8.20. The maximum Gasteiger partial charge on any atom is 0.161 e. The van der Waals surface area contributed by atoms with Crippen molar-refractivity contribution < 1.29 is 14.3 Å². The maximum absolute atomic E-state index is 10.9. The molecule has 2 aliphatic carbocycles. The number of rotatable bonds is 3. The monoisotopic (exact) mass is 316 g/mol. The molecular weight excluding hydrogens is 288 g/mol. The molecule has 23 heavy (non-hydrogen) atoms. The Morgan fingerprint density at radius 1 is 1.39 bits per heavy atom. The molecule has 0 radical (unpaired) electrons. The SMILES string of the molecule is CC1=CCC[C@@H]2[C@@]3(CCc4ccoc4)[C@H](C)[C@@H](C[C@@]12C)O[C@@H]3O. The first-order chi connectivity index (χ1) is 11.0. The lowest BCUT2D eigenvalue weighted by molar-refractivity contribution is -0.150. The molecule has 2 bridgehead atoms. The van der Waals surface area contributed by atoms with Gasteiger partial charge in [-0.3, -0.25) is 0 Å². The van der Waals surface area contributed by atoms with Crippen molar-refractivity contribution in [2.75, 3.05) is 0 Å². The summed E-state index contributed by atoms with van der Waals surface area (Å²) in [7, 11) is 0. The van der Waals surface area contributed by atoms with Crippen LogP contribution in [0.15, 0.2) is 34.7 Å². The quantitative estimate of drug-likeness (QED) is 0.845. The summed E-state index contributed by atoms with van der Waals surface area (Å²) in [5.41, 5.74) is 2.75. The molecule has 0 unspecified atom stereocenters. The van der Waals surface area contributed by atoms with E-state index >= 15 is 0 Å². The molecule has 4 rings (SSSR count). The summed E-state index contributed by atoms with van der Waals surface area (Å²) in [6, 6.07) is 2.04. The van der Waals surface area contributed by atoms with Gasteiger partial charge in [0.25, 0.3) is 0 Å². The van der Waals surface area contributed by atoms with Crippen LogP contribution in [0.5, 0.6) is 0 Å². The van der Waals surface area contributed by atoms with Gasteiger partial charge in [-0.05, 0) is 67.9 Å². The fourth-order valence-corrected chi connectivity index (χ4v) is 5.89. The average molecular weight is 316 g/mol. The largest absolute Gasteiger partial charge is 0.472 e. The highest BCUT2D eigenvalue weighted by atomic mass is 16.6. The second-order valence-corrected chi connectivity index (χ2v) is 8.20. The summed E-state index contributed by atoms with van der Waals surface area (Å²) < 4.78 is 11.3. The summed E-state index contributed by atoms with van der Waals surface area (Å²) in [6.07, 6.45) is 10.8. The highest BCUT2D eigenvalue weighted by Crippen LogP contribution is 2.67. The van der Waals surface area contributed by atoms with Gasteiger partial charge in [-0.25, -0.2) is 0 Å². The summed E-state index contributed by atoms with van der Waals surface area (Å²) in [5.74, 6) is 0.907. The number of aliphatic hydroxyl groups excluding tert-OH is 1. The zero-order valence-corrected chi connectivity index (χ0v) is 14.4. The van der Waals surface area contributed by atoms with Crippen molar-refractivity contribution in [3.05, 3.63) is 35.8 Å². The average Bonchev–Trinajstić information content (AvgIpc) is 3.08. The minimum Gasteiger partial charge on any atom is -0.472 e. The lowest BCUT2D eigenvalue weighted by atomic mass is 9.46. The fourth-order valence-electron chi connectivity index (χ4n) is 5.89. The first-order valence-electron chi connectivity index (χ1n) is 9.00. The van der Waals surface area contributed by atoms with Crippen LogP contribution in [0.3, 0.4) is 0 Å². The minimum atomic E-state index is -0.632. The normalized spacial score (nSPS) is 45.7. The van der Waals surface area contributed by atoms with E-state index in [1.807, 2.05) is 12.3 Å². The van der Waals surface area contributed by atoms with Gasteiger partial charge in [0.2, 0.25) is 0 Å². The van der Waals surface area contributed by atoms with E-state index in [1.165, 1.54) is 11.1 Å². The van der Waals surface area contributed by atoms with E-state index in [2.05, 4.69) is 26.8 Å². The van der Waals surface area contributed by atoms with Crippen molar-refractivity contribution in [2.24, 2.45) is 22.7 Å². The molecule has 1 aliphatic heterocycles. The molecule has 1 aromatic heterocycles. The predicted molar refractivity (Wildman–Crippen MR) is 88.7 cm³/mol. The minimum absolute atomic E-state index is 0.134. The molecule has 2 heterocycles. The molecular formula is C20H28O3. The van der Waals surface area contributed by atoms with Crippen LogP contribution in [-0.4, -0.2) is 17.5 Å². The number of ether oxygens (including phenoxy) is 1. The van der Waals surface area contributed by atoms with E-state index in [-0.39, 0.29) is 16.9 Å². The number of hydrogen-bond donors (Lipinski definition) is 1. The Morgan fingerprint density at radius 2 is 2.22 bits per heavy atom. The molecule has 1 aromatic rings. The number of hydrogen-bond acceptors (Lipinski definition) is 3.